The molecule has 108 valence electrons. The molecule has 0 spiro atoms. The molecule has 19 heavy (non-hydrogen) atoms. The third-order valence-electron chi connectivity index (χ3n) is 3.02. The van der Waals surface area contributed by atoms with Gasteiger partial charge in [-0.1, -0.05) is 6.07 Å². The summed E-state index contributed by atoms with van der Waals surface area (Å²) >= 11 is 5.55. The Labute approximate surface area is 116 Å². The van der Waals surface area contributed by atoms with Crippen LogP contribution < -0.4 is 4.90 Å². The predicted octanol–water partition coefficient (Wildman–Crippen LogP) is 3.92. The number of methoxy groups -OCH3 is 1. The highest BCUT2D eigenvalue weighted by Gasteiger charge is 2.33. The Bertz CT molecular complexity index is 423. The van der Waals surface area contributed by atoms with Gasteiger partial charge in [0.2, 0.25) is 0 Å². The Morgan fingerprint density at radius 3 is 2.47 bits per heavy atom. The Morgan fingerprint density at radius 1 is 1.37 bits per heavy atom. The molecule has 0 aliphatic rings. The number of anilines is 1. The van der Waals surface area contributed by atoms with Crippen molar-refractivity contribution in [2.45, 2.75) is 25.0 Å². The van der Waals surface area contributed by atoms with Crippen LogP contribution in [0.15, 0.2) is 18.2 Å². The topological polar surface area (TPSA) is 12.5 Å². The lowest BCUT2D eigenvalue weighted by atomic mass is 10.1. The van der Waals surface area contributed by atoms with Crippen LogP contribution in [0.25, 0.3) is 0 Å². The van der Waals surface area contributed by atoms with Crippen LogP contribution in [0.3, 0.4) is 0 Å². The van der Waals surface area contributed by atoms with Crippen molar-refractivity contribution in [3.63, 3.8) is 0 Å². The van der Waals surface area contributed by atoms with Crippen LogP contribution in [0.1, 0.15) is 18.1 Å². The minimum absolute atomic E-state index is 0.0204. The molecule has 0 amide bonds. The number of halogens is 4. The molecule has 1 aromatic carbocycles. The van der Waals surface area contributed by atoms with E-state index in [9.17, 15) is 13.2 Å². The van der Waals surface area contributed by atoms with Gasteiger partial charge in [0.15, 0.2) is 0 Å². The van der Waals surface area contributed by atoms with Gasteiger partial charge in [0.05, 0.1) is 12.2 Å². The maximum atomic E-state index is 12.9. The average Bonchev–Trinajstić information content (AvgIpc) is 2.36. The van der Waals surface area contributed by atoms with Gasteiger partial charge in [0.25, 0.3) is 0 Å². The van der Waals surface area contributed by atoms with E-state index < -0.39 is 11.7 Å². The summed E-state index contributed by atoms with van der Waals surface area (Å²) in [5, 5.41) is 0. The van der Waals surface area contributed by atoms with E-state index in [0.717, 1.165) is 6.07 Å². The normalized spacial score (nSPS) is 13.4. The largest absolute Gasteiger partial charge is 0.416 e. The summed E-state index contributed by atoms with van der Waals surface area (Å²) in [5.74, 6) is -0.160. The number of hydrogen-bond acceptors (Lipinski definition) is 2. The molecule has 0 saturated carbocycles. The van der Waals surface area contributed by atoms with E-state index in [4.69, 9.17) is 16.3 Å². The van der Waals surface area contributed by atoms with E-state index in [1.807, 2.05) is 6.92 Å². The second-order valence-corrected chi connectivity index (χ2v) is 4.66. The fourth-order valence-electron chi connectivity index (χ4n) is 1.77. The van der Waals surface area contributed by atoms with Crippen LogP contribution in [0.5, 0.6) is 0 Å². The Balaban J connectivity index is 3.11. The van der Waals surface area contributed by atoms with Gasteiger partial charge in [0, 0.05) is 31.8 Å². The summed E-state index contributed by atoms with van der Waals surface area (Å²) in [7, 11) is 3.29. The second kappa shape index (κ2) is 6.48. The first-order valence-corrected chi connectivity index (χ1v) is 6.32. The molecule has 1 aromatic rings. The Kier molecular flexibility index (Phi) is 5.50. The van der Waals surface area contributed by atoms with Gasteiger partial charge in [-0.15, -0.1) is 11.6 Å². The van der Waals surface area contributed by atoms with E-state index in [2.05, 4.69) is 0 Å². The van der Waals surface area contributed by atoms with Crippen molar-refractivity contribution in [1.29, 1.82) is 0 Å². The molecule has 0 N–H and O–H groups in total. The number of rotatable bonds is 5. The summed E-state index contributed by atoms with van der Waals surface area (Å²) in [5.41, 5.74) is -0.104. The van der Waals surface area contributed by atoms with Crippen LogP contribution in [0.4, 0.5) is 18.9 Å². The minimum Gasteiger partial charge on any atom is -0.383 e. The summed E-state index contributed by atoms with van der Waals surface area (Å²) in [6.07, 6.45) is -4.40. The SMILES string of the molecule is COCC(C)N(C)c1ccc(CCl)c(C(F)(F)F)c1. The van der Waals surface area contributed by atoms with Gasteiger partial charge in [-0.2, -0.15) is 13.2 Å². The first-order chi connectivity index (χ1) is 8.81. The lowest BCUT2D eigenvalue weighted by molar-refractivity contribution is -0.138. The van der Waals surface area contributed by atoms with Gasteiger partial charge in [-0.25, -0.2) is 0 Å². The molecule has 0 bridgehead atoms. The number of benzene rings is 1. The molecule has 0 aliphatic heterocycles. The van der Waals surface area contributed by atoms with Crippen molar-refractivity contribution in [2.75, 3.05) is 25.7 Å². The zero-order valence-electron chi connectivity index (χ0n) is 11.1. The number of hydrogen-bond donors (Lipinski definition) is 0. The molecular weight excluding hydrogens is 279 g/mol. The molecule has 6 heteroatoms. The van der Waals surface area contributed by atoms with Gasteiger partial charge >= 0.3 is 6.18 Å². The van der Waals surface area contributed by atoms with Crippen molar-refractivity contribution in [1.82, 2.24) is 0 Å². The molecule has 1 unspecified atom stereocenters. The van der Waals surface area contributed by atoms with Crippen molar-refractivity contribution in [3.05, 3.63) is 29.3 Å². The zero-order chi connectivity index (χ0) is 14.6. The first-order valence-electron chi connectivity index (χ1n) is 5.79. The third kappa shape index (κ3) is 4.01. The molecule has 0 heterocycles. The zero-order valence-corrected chi connectivity index (χ0v) is 11.8. The number of likely N-dealkylation sites (N-methyl/N-ethyl adjacent to an activating group) is 1. The van der Waals surface area contributed by atoms with Crippen molar-refractivity contribution in [3.8, 4) is 0 Å². The van der Waals surface area contributed by atoms with Gasteiger partial charge < -0.3 is 9.64 Å². The fraction of sp³-hybridized carbons (Fsp3) is 0.538. The average molecular weight is 296 g/mol. The molecule has 0 aliphatic carbocycles. The Hall–Kier alpha value is -0.940. The molecule has 0 saturated heterocycles. The van der Waals surface area contributed by atoms with E-state index in [-0.39, 0.29) is 17.5 Å². The van der Waals surface area contributed by atoms with Crippen LogP contribution in [-0.2, 0) is 16.8 Å². The quantitative estimate of drug-likeness (QED) is 0.764. The summed E-state index contributed by atoms with van der Waals surface area (Å²) in [6, 6.07) is 4.16. The lowest BCUT2D eigenvalue weighted by Gasteiger charge is -2.27. The van der Waals surface area contributed by atoms with E-state index in [0.29, 0.717) is 12.3 Å². The Morgan fingerprint density at radius 2 is 2.00 bits per heavy atom. The molecule has 0 radical (unpaired) electrons. The molecule has 0 aromatic heterocycles. The monoisotopic (exact) mass is 295 g/mol. The standard InChI is InChI=1S/C13H17ClF3NO/c1-9(8-19-3)18(2)11-5-4-10(7-14)12(6-11)13(15,16)17/h4-6,9H,7-8H2,1-3H3. The number of nitrogens with zero attached hydrogens (tertiary/aromatic N) is 1. The van der Waals surface area contributed by atoms with Crippen LogP contribution in [0.2, 0.25) is 0 Å². The molecule has 1 rings (SSSR count). The van der Waals surface area contributed by atoms with Crippen molar-refractivity contribution < 1.29 is 17.9 Å². The van der Waals surface area contributed by atoms with E-state index in [1.165, 1.54) is 6.07 Å². The second-order valence-electron chi connectivity index (χ2n) is 4.39. The van der Waals surface area contributed by atoms with Gasteiger partial charge in [-0.05, 0) is 24.6 Å². The number of alkyl halides is 4. The van der Waals surface area contributed by atoms with Crippen LogP contribution in [0, 0.1) is 0 Å². The molecule has 2 nitrogen and oxygen atoms in total. The predicted molar refractivity (Wildman–Crippen MR) is 70.7 cm³/mol. The van der Waals surface area contributed by atoms with E-state index in [1.54, 1.807) is 25.1 Å². The fourth-order valence-corrected chi connectivity index (χ4v) is 2.00. The maximum Gasteiger partial charge on any atom is 0.416 e. The maximum absolute atomic E-state index is 12.9. The molecule has 1 atom stereocenters. The van der Waals surface area contributed by atoms with Gasteiger partial charge in [0.1, 0.15) is 0 Å². The number of ether oxygens (including phenoxy) is 1. The summed E-state index contributed by atoms with van der Waals surface area (Å²) in [6.45, 7) is 2.32. The van der Waals surface area contributed by atoms with Crippen LogP contribution in [-0.4, -0.2) is 26.8 Å². The van der Waals surface area contributed by atoms with E-state index >= 15 is 0 Å². The van der Waals surface area contributed by atoms with Crippen molar-refractivity contribution in [2.24, 2.45) is 0 Å². The highest BCUT2D eigenvalue weighted by Crippen LogP contribution is 2.35. The highest BCUT2D eigenvalue weighted by atomic mass is 35.5. The first kappa shape index (κ1) is 16.1. The molecule has 0 fully saturated rings. The minimum atomic E-state index is -4.40. The van der Waals surface area contributed by atoms with Crippen molar-refractivity contribution >= 4 is 17.3 Å². The third-order valence-corrected chi connectivity index (χ3v) is 3.31. The highest BCUT2D eigenvalue weighted by molar-refractivity contribution is 6.17. The van der Waals surface area contributed by atoms with Gasteiger partial charge in [-0.3, -0.25) is 0 Å². The molecular formula is C13H17ClF3NO. The van der Waals surface area contributed by atoms with Crippen LogP contribution >= 0.6 is 11.6 Å². The summed E-state index contributed by atoms with van der Waals surface area (Å²) in [4.78, 5) is 1.75. The summed E-state index contributed by atoms with van der Waals surface area (Å²) < 4.78 is 43.8. The lowest BCUT2D eigenvalue weighted by Crippen LogP contribution is -2.32. The smallest absolute Gasteiger partial charge is 0.383 e.